The Balaban J connectivity index is 0.00000288. The van der Waals surface area contributed by atoms with Gasteiger partial charge < -0.3 is 10.6 Å². The molecule has 24 heavy (non-hydrogen) atoms. The molecule has 2 N–H and O–H groups in total. The maximum Gasteiger partial charge on any atom is 0.191 e. The molecule has 2 rings (SSSR count). The molecule has 1 unspecified atom stereocenters. The molecule has 1 aromatic heterocycles. The molecule has 5 nitrogen and oxygen atoms in total. The van der Waals surface area contributed by atoms with E-state index in [1.807, 2.05) is 16.9 Å². The predicted molar refractivity (Wildman–Crippen MR) is 111 cm³/mol. The number of nitrogens with zero attached hydrogens (tertiary/aromatic N) is 3. The fourth-order valence-electron chi connectivity index (χ4n) is 2.05. The van der Waals surface area contributed by atoms with Crippen LogP contribution in [0.2, 0.25) is 0 Å². The average molecular weight is 441 g/mol. The van der Waals surface area contributed by atoms with Crippen LogP contribution in [0.25, 0.3) is 5.69 Å². The lowest BCUT2D eigenvalue weighted by molar-refractivity contribution is 0.481. The second-order valence-electron chi connectivity index (χ2n) is 5.99. The number of benzene rings is 1. The van der Waals surface area contributed by atoms with Gasteiger partial charge in [0.25, 0.3) is 0 Å². The first-order valence-electron chi connectivity index (χ1n) is 8.24. The van der Waals surface area contributed by atoms with Gasteiger partial charge in [-0.25, -0.2) is 9.67 Å². The number of guanidine groups is 1. The molecule has 0 saturated carbocycles. The molecule has 0 amide bonds. The summed E-state index contributed by atoms with van der Waals surface area (Å²) in [5, 5.41) is 11.0. The molecular formula is C18H28IN5. The number of halogens is 1. The fourth-order valence-corrected chi connectivity index (χ4v) is 2.05. The monoisotopic (exact) mass is 441 g/mol. The molecule has 0 aliphatic rings. The fraction of sp³-hybridized carbons (Fsp3) is 0.444. The van der Waals surface area contributed by atoms with E-state index in [1.165, 1.54) is 5.56 Å². The first kappa shape index (κ1) is 20.5. The molecule has 0 fully saturated rings. The normalized spacial score (nSPS) is 12.6. The number of hydrogen-bond donors (Lipinski definition) is 2. The molecule has 0 aliphatic carbocycles. The van der Waals surface area contributed by atoms with Crippen molar-refractivity contribution in [3.8, 4) is 5.69 Å². The Hall–Kier alpha value is -1.57. The van der Waals surface area contributed by atoms with Crippen LogP contribution in [0.5, 0.6) is 0 Å². The predicted octanol–water partition coefficient (Wildman–Crippen LogP) is 3.59. The van der Waals surface area contributed by atoms with E-state index in [0.29, 0.717) is 18.5 Å². The van der Waals surface area contributed by atoms with E-state index in [9.17, 15) is 0 Å². The minimum Gasteiger partial charge on any atom is -0.357 e. The minimum absolute atomic E-state index is 0. The Morgan fingerprint density at radius 1 is 1.21 bits per heavy atom. The maximum atomic E-state index is 4.67. The zero-order valence-electron chi connectivity index (χ0n) is 14.9. The van der Waals surface area contributed by atoms with Gasteiger partial charge >= 0.3 is 0 Å². The zero-order chi connectivity index (χ0) is 16.7. The van der Waals surface area contributed by atoms with Gasteiger partial charge in [-0.2, -0.15) is 5.10 Å². The quantitative estimate of drug-likeness (QED) is 0.409. The summed E-state index contributed by atoms with van der Waals surface area (Å²) in [5.74, 6) is 1.43. The van der Waals surface area contributed by atoms with E-state index in [1.54, 1.807) is 6.20 Å². The van der Waals surface area contributed by atoms with Crippen molar-refractivity contribution in [2.24, 2.45) is 10.9 Å². The Morgan fingerprint density at radius 3 is 2.46 bits per heavy atom. The SMILES string of the molecule is CCNC(=NCc1ccc(-n2cccn2)cc1)NC(C)C(C)C.I. The summed E-state index contributed by atoms with van der Waals surface area (Å²) in [6.45, 7) is 10.2. The number of aliphatic imine (C=N–C) groups is 1. The summed E-state index contributed by atoms with van der Waals surface area (Å²) in [6, 6.07) is 10.6. The van der Waals surface area contributed by atoms with Crippen LogP contribution in [-0.4, -0.2) is 28.3 Å². The molecule has 6 heteroatoms. The standard InChI is InChI=1S/C18H27N5.HI/c1-5-19-18(22-15(4)14(2)3)20-13-16-7-9-17(10-8-16)23-12-6-11-21-23;/h6-12,14-15H,5,13H2,1-4H3,(H2,19,20,22);1H. The molecular weight excluding hydrogens is 413 g/mol. The van der Waals surface area contributed by atoms with Crippen LogP contribution in [0.1, 0.15) is 33.3 Å². The summed E-state index contributed by atoms with van der Waals surface area (Å²) in [5.41, 5.74) is 2.23. The largest absolute Gasteiger partial charge is 0.357 e. The van der Waals surface area contributed by atoms with Crippen LogP contribution in [0.4, 0.5) is 0 Å². The van der Waals surface area contributed by atoms with Crippen molar-refractivity contribution >= 4 is 29.9 Å². The summed E-state index contributed by atoms with van der Waals surface area (Å²) in [7, 11) is 0. The minimum atomic E-state index is 0. The molecule has 0 saturated heterocycles. The lowest BCUT2D eigenvalue weighted by Crippen LogP contribution is -2.44. The van der Waals surface area contributed by atoms with E-state index in [2.05, 4.69) is 72.7 Å². The van der Waals surface area contributed by atoms with Crippen molar-refractivity contribution in [3.63, 3.8) is 0 Å². The molecule has 0 bridgehead atoms. The van der Waals surface area contributed by atoms with Crippen LogP contribution in [0, 0.1) is 5.92 Å². The van der Waals surface area contributed by atoms with E-state index >= 15 is 0 Å². The highest BCUT2D eigenvalue weighted by Crippen LogP contribution is 2.09. The smallest absolute Gasteiger partial charge is 0.191 e. The van der Waals surface area contributed by atoms with Crippen molar-refractivity contribution in [1.29, 1.82) is 0 Å². The number of aromatic nitrogens is 2. The molecule has 1 atom stereocenters. The van der Waals surface area contributed by atoms with Gasteiger partial charge in [-0.3, -0.25) is 0 Å². The van der Waals surface area contributed by atoms with Crippen molar-refractivity contribution < 1.29 is 0 Å². The molecule has 0 spiro atoms. The topological polar surface area (TPSA) is 54.2 Å². The van der Waals surface area contributed by atoms with Gasteiger partial charge in [-0.05, 0) is 43.5 Å². The molecule has 2 aromatic rings. The lowest BCUT2D eigenvalue weighted by Gasteiger charge is -2.20. The van der Waals surface area contributed by atoms with Crippen LogP contribution >= 0.6 is 24.0 Å². The van der Waals surface area contributed by atoms with Gasteiger partial charge in [0.1, 0.15) is 0 Å². The van der Waals surface area contributed by atoms with E-state index in [0.717, 1.165) is 18.2 Å². The van der Waals surface area contributed by atoms with E-state index in [4.69, 9.17) is 0 Å². The van der Waals surface area contributed by atoms with Crippen LogP contribution in [0.3, 0.4) is 0 Å². The van der Waals surface area contributed by atoms with Crippen molar-refractivity contribution in [2.45, 2.75) is 40.3 Å². The van der Waals surface area contributed by atoms with Crippen molar-refractivity contribution in [2.75, 3.05) is 6.54 Å². The third-order valence-electron chi connectivity index (χ3n) is 3.83. The number of hydrogen-bond acceptors (Lipinski definition) is 2. The van der Waals surface area contributed by atoms with Gasteiger partial charge in [0.05, 0.1) is 12.2 Å². The third kappa shape index (κ3) is 6.14. The zero-order valence-corrected chi connectivity index (χ0v) is 17.2. The summed E-state index contributed by atoms with van der Waals surface area (Å²) in [4.78, 5) is 4.67. The van der Waals surface area contributed by atoms with Gasteiger partial charge in [0.15, 0.2) is 5.96 Å². The van der Waals surface area contributed by atoms with Crippen LogP contribution in [-0.2, 0) is 6.54 Å². The van der Waals surface area contributed by atoms with Gasteiger partial charge in [-0.1, -0.05) is 26.0 Å². The average Bonchev–Trinajstić information content (AvgIpc) is 3.07. The van der Waals surface area contributed by atoms with E-state index in [-0.39, 0.29) is 24.0 Å². The third-order valence-corrected chi connectivity index (χ3v) is 3.83. The second-order valence-corrected chi connectivity index (χ2v) is 5.99. The first-order valence-corrected chi connectivity index (χ1v) is 8.24. The molecule has 0 radical (unpaired) electrons. The Morgan fingerprint density at radius 2 is 1.92 bits per heavy atom. The second kappa shape index (κ2) is 10.3. The highest BCUT2D eigenvalue weighted by molar-refractivity contribution is 14.0. The summed E-state index contributed by atoms with van der Waals surface area (Å²) in [6.07, 6.45) is 3.72. The number of rotatable bonds is 6. The Bertz CT molecular complexity index is 605. The Kier molecular flexibility index (Phi) is 8.81. The van der Waals surface area contributed by atoms with Crippen LogP contribution in [0.15, 0.2) is 47.7 Å². The van der Waals surface area contributed by atoms with Gasteiger partial charge in [0, 0.05) is 25.0 Å². The van der Waals surface area contributed by atoms with Crippen molar-refractivity contribution in [1.82, 2.24) is 20.4 Å². The highest BCUT2D eigenvalue weighted by Gasteiger charge is 2.08. The summed E-state index contributed by atoms with van der Waals surface area (Å²) < 4.78 is 1.85. The van der Waals surface area contributed by atoms with E-state index < -0.39 is 0 Å². The van der Waals surface area contributed by atoms with Crippen molar-refractivity contribution in [3.05, 3.63) is 48.3 Å². The van der Waals surface area contributed by atoms with Gasteiger partial charge in [-0.15, -0.1) is 24.0 Å². The molecule has 1 heterocycles. The first-order chi connectivity index (χ1) is 11.1. The highest BCUT2D eigenvalue weighted by atomic mass is 127. The Labute approximate surface area is 162 Å². The lowest BCUT2D eigenvalue weighted by atomic mass is 10.1. The summed E-state index contributed by atoms with van der Waals surface area (Å²) >= 11 is 0. The van der Waals surface area contributed by atoms with Gasteiger partial charge in [0.2, 0.25) is 0 Å². The molecule has 132 valence electrons. The molecule has 1 aromatic carbocycles. The number of nitrogens with one attached hydrogen (secondary N) is 2. The molecule has 0 aliphatic heterocycles. The maximum absolute atomic E-state index is 4.67. The van der Waals surface area contributed by atoms with Crippen LogP contribution < -0.4 is 10.6 Å².